The predicted octanol–water partition coefficient (Wildman–Crippen LogP) is 3.12. The van der Waals surface area contributed by atoms with Gasteiger partial charge in [-0.1, -0.05) is 24.3 Å². The first-order valence-electron chi connectivity index (χ1n) is 10.3. The van der Waals surface area contributed by atoms with Gasteiger partial charge in [0.25, 0.3) is 5.56 Å². The highest BCUT2D eigenvalue weighted by molar-refractivity contribution is 5.76. The topological polar surface area (TPSA) is 82.5 Å². The van der Waals surface area contributed by atoms with Crippen LogP contribution in [0.1, 0.15) is 30.0 Å². The van der Waals surface area contributed by atoms with Crippen LogP contribution in [0.2, 0.25) is 0 Å². The zero-order valence-electron chi connectivity index (χ0n) is 17.6. The average molecular weight is 419 g/mol. The molecule has 1 aliphatic carbocycles. The van der Waals surface area contributed by atoms with Crippen LogP contribution in [0.5, 0.6) is 11.5 Å². The Hall–Kier alpha value is -3.61. The maximum absolute atomic E-state index is 12.7. The molecule has 0 radical (unpaired) electrons. The molecule has 0 aliphatic heterocycles. The van der Waals surface area contributed by atoms with Gasteiger partial charge in [-0.3, -0.25) is 9.59 Å². The van der Waals surface area contributed by atoms with Crippen LogP contribution in [0.15, 0.2) is 59.4 Å². The first-order valence-corrected chi connectivity index (χ1v) is 10.3. The lowest BCUT2D eigenvalue weighted by molar-refractivity contribution is -0.122. The van der Waals surface area contributed by atoms with Gasteiger partial charge in [-0.2, -0.15) is 5.10 Å². The molecule has 7 nitrogen and oxygen atoms in total. The van der Waals surface area contributed by atoms with E-state index < -0.39 is 0 Å². The standard InChI is InChI=1S/C24H25N3O4/c1-30-21-12-10-17(14-22(21)31-2)19-11-13-24(29)27(26-19)15-23(28)25-20-9-5-7-16-6-3-4-8-18(16)20/h3-4,6,8,10-14,20H,5,7,9,15H2,1-2H3,(H,25,28)/t20-/m0/s1. The van der Waals surface area contributed by atoms with E-state index in [1.165, 1.54) is 16.3 Å². The summed E-state index contributed by atoms with van der Waals surface area (Å²) in [7, 11) is 3.13. The number of aryl methyl sites for hydroxylation is 1. The molecular formula is C24H25N3O4. The van der Waals surface area contributed by atoms with Crippen molar-refractivity contribution >= 4 is 5.91 Å². The summed E-state index contributed by atoms with van der Waals surface area (Å²) in [6.07, 6.45) is 2.93. The van der Waals surface area contributed by atoms with E-state index in [1.54, 1.807) is 32.4 Å². The zero-order valence-corrected chi connectivity index (χ0v) is 17.6. The summed E-state index contributed by atoms with van der Waals surface area (Å²) in [5, 5.41) is 7.47. The molecule has 0 unspecified atom stereocenters. The summed E-state index contributed by atoms with van der Waals surface area (Å²) in [6.45, 7) is -0.140. The van der Waals surface area contributed by atoms with Crippen LogP contribution in [-0.2, 0) is 17.8 Å². The SMILES string of the molecule is COc1ccc(-c2ccc(=O)n(CC(=O)N[C@H]3CCCc4ccccc43)n2)cc1OC. The fourth-order valence-electron chi connectivity index (χ4n) is 3.99. The lowest BCUT2D eigenvalue weighted by Gasteiger charge is -2.26. The van der Waals surface area contributed by atoms with E-state index in [9.17, 15) is 9.59 Å². The zero-order chi connectivity index (χ0) is 21.8. The quantitative estimate of drug-likeness (QED) is 0.664. The Labute approximate surface area is 180 Å². The minimum absolute atomic E-state index is 0.0396. The van der Waals surface area contributed by atoms with Gasteiger partial charge in [0.15, 0.2) is 11.5 Å². The van der Waals surface area contributed by atoms with E-state index in [-0.39, 0.29) is 24.1 Å². The summed E-state index contributed by atoms with van der Waals surface area (Å²) >= 11 is 0. The minimum Gasteiger partial charge on any atom is -0.493 e. The number of methoxy groups -OCH3 is 2. The number of hydrogen-bond acceptors (Lipinski definition) is 5. The highest BCUT2D eigenvalue weighted by Crippen LogP contribution is 2.31. The molecule has 1 amide bonds. The second-order valence-electron chi connectivity index (χ2n) is 7.50. The fourth-order valence-corrected chi connectivity index (χ4v) is 3.99. The summed E-state index contributed by atoms with van der Waals surface area (Å²) in [5.74, 6) is 0.931. The Balaban J connectivity index is 1.53. The third-order valence-electron chi connectivity index (χ3n) is 5.54. The van der Waals surface area contributed by atoms with Crippen molar-refractivity contribution in [3.63, 3.8) is 0 Å². The molecule has 0 saturated carbocycles. The van der Waals surface area contributed by atoms with Crippen molar-refractivity contribution in [2.24, 2.45) is 0 Å². The number of carbonyl (C=O) groups excluding carboxylic acids is 1. The van der Waals surface area contributed by atoms with Crippen LogP contribution in [0.3, 0.4) is 0 Å². The molecule has 2 aromatic carbocycles. The van der Waals surface area contributed by atoms with Crippen molar-refractivity contribution in [1.29, 1.82) is 0 Å². The minimum atomic E-state index is -0.330. The number of nitrogens with zero attached hydrogens (tertiary/aromatic N) is 2. The number of fused-ring (bicyclic) bond motifs is 1. The van der Waals surface area contributed by atoms with Crippen LogP contribution in [-0.4, -0.2) is 29.9 Å². The molecule has 3 aromatic rings. The molecule has 160 valence electrons. The van der Waals surface area contributed by atoms with Gasteiger partial charge in [-0.25, -0.2) is 4.68 Å². The maximum atomic E-state index is 12.7. The first-order chi connectivity index (χ1) is 15.1. The second kappa shape index (κ2) is 9.04. The van der Waals surface area contributed by atoms with Gasteiger partial charge >= 0.3 is 0 Å². The van der Waals surface area contributed by atoms with Crippen LogP contribution >= 0.6 is 0 Å². The van der Waals surface area contributed by atoms with Crippen molar-refractivity contribution in [3.05, 3.63) is 76.1 Å². The van der Waals surface area contributed by atoms with Crippen molar-refractivity contribution in [1.82, 2.24) is 15.1 Å². The maximum Gasteiger partial charge on any atom is 0.267 e. The monoisotopic (exact) mass is 419 g/mol. The van der Waals surface area contributed by atoms with E-state index in [0.29, 0.717) is 17.2 Å². The Morgan fingerprint density at radius 1 is 1.10 bits per heavy atom. The molecule has 0 bridgehead atoms. The van der Waals surface area contributed by atoms with Gasteiger partial charge < -0.3 is 14.8 Å². The van der Waals surface area contributed by atoms with Gasteiger partial charge in [-0.15, -0.1) is 0 Å². The molecule has 1 aromatic heterocycles. The summed E-state index contributed by atoms with van der Waals surface area (Å²) < 4.78 is 11.8. The fraction of sp³-hybridized carbons (Fsp3) is 0.292. The molecule has 0 fully saturated rings. The van der Waals surface area contributed by atoms with E-state index in [1.807, 2.05) is 18.2 Å². The second-order valence-corrected chi connectivity index (χ2v) is 7.50. The molecule has 0 saturated heterocycles. The van der Waals surface area contributed by atoms with Gasteiger partial charge in [0.05, 0.1) is 26.0 Å². The highest BCUT2D eigenvalue weighted by atomic mass is 16.5. The predicted molar refractivity (Wildman–Crippen MR) is 117 cm³/mol. The normalized spacial score (nSPS) is 15.1. The molecule has 1 heterocycles. The van der Waals surface area contributed by atoms with Crippen LogP contribution < -0.4 is 20.3 Å². The third-order valence-corrected chi connectivity index (χ3v) is 5.54. The summed E-state index contributed by atoms with van der Waals surface area (Å²) in [6, 6.07) is 16.6. The van der Waals surface area contributed by atoms with Gasteiger partial charge in [-0.05, 0) is 54.7 Å². The Morgan fingerprint density at radius 2 is 1.90 bits per heavy atom. The van der Waals surface area contributed by atoms with E-state index >= 15 is 0 Å². The Kier molecular flexibility index (Phi) is 6.02. The number of ether oxygens (including phenoxy) is 2. The van der Waals surface area contributed by atoms with Crippen LogP contribution in [0.25, 0.3) is 11.3 Å². The average Bonchev–Trinajstić information content (AvgIpc) is 2.80. The largest absolute Gasteiger partial charge is 0.493 e. The number of aromatic nitrogens is 2. The van der Waals surface area contributed by atoms with Crippen LogP contribution in [0.4, 0.5) is 0 Å². The lowest BCUT2D eigenvalue weighted by Crippen LogP contribution is -2.36. The van der Waals surface area contributed by atoms with Crippen molar-refractivity contribution in [3.8, 4) is 22.8 Å². The van der Waals surface area contributed by atoms with E-state index in [0.717, 1.165) is 30.4 Å². The molecule has 1 atom stereocenters. The number of rotatable bonds is 6. The van der Waals surface area contributed by atoms with E-state index in [2.05, 4.69) is 22.5 Å². The molecule has 31 heavy (non-hydrogen) atoms. The van der Waals surface area contributed by atoms with Gasteiger partial charge in [0.1, 0.15) is 6.54 Å². The number of carbonyl (C=O) groups is 1. The third kappa shape index (κ3) is 4.45. The molecule has 1 N–H and O–H groups in total. The number of benzene rings is 2. The van der Waals surface area contributed by atoms with Crippen molar-refractivity contribution < 1.29 is 14.3 Å². The Morgan fingerprint density at radius 3 is 2.71 bits per heavy atom. The number of hydrogen-bond donors (Lipinski definition) is 1. The molecule has 4 rings (SSSR count). The molecule has 1 aliphatic rings. The molecular weight excluding hydrogens is 394 g/mol. The van der Waals surface area contributed by atoms with Crippen molar-refractivity contribution in [2.45, 2.75) is 31.8 Å². The summed E-state index contributed by atoms with van der Waals surface area (Å²) in [5.41, 5.74) is 3.42. The Bertz CT molecular complexity index is 1160. The smallest absolute Gasteiger partial charge is 0.267 e. The summed E-state index contributed by atoms with van der Waals surface area (Å²) in [4.78, 5) is 25.1. The number of amides is 1. The van der Waals surface area contributed by atoms with E-state index in [4.69, 9.17) is 9.47 Å². The van der Waals surface area contributed by atoms with Crippen molar-refractivity contribution in [2.75, 3.05) is 14.2 Å². The molecule has 0 spiro atoms. The van der Waals surface area contributed by atoms with Gasteiger partial charge in [0.2, 0.25) is 5.91 Å². The first kappa shape index (κ1) is 20.7. The van der Waals surface area contributed by atoms with Crippen LogP contribution in [0, 0.1) is 0 Å². The number of nitrogens with one attached hydrogen (secondary N) is 1. The lowest BCUT2D eigenvalue weighted by atomic mass is 9.88. The molecule has 7 heteroatoms. The highest BCUT2D eigenvalue weighted by Gasteiger charge is 2.21. The van der Waals surface area contributed by atoms with Gasteiger partial charge in [0, 0.05) is 11.6 Å².